The van der Waals surface area contributed by atoms with E-state index in [2.05, 4.69) is 69.5 Å². The topological polar surface area (TPSA) is 49.4 Å². The molecule has 4 nitrogen and oxygen atoms in total. The van der Waals surface area contributed by atoms with Crippen LogP contribution in [0.3, 0.4) is 0 Å². The maximum Gasteiger partial charge on any atom is 0.223 e. The molecule has 0 bridgehead atoms. The predicted octanol–water partition coefficient (Wildman–Crippen LogP) is 6.48. The SMILES string of the molecule is CCCCCC(=O)N(CCC=CCC=CCC=CCCCC(=O)NC1CC1)C(C)(C)C. The number of hydrogen-bond acceptors (Lipinski definition) is 2. The molecule has 1 N–H and O–H groups in total. The zero-order valence-electron chi connectivity index (χ0n) is 20.5. The Balaban J connectivity index is 2.11. The van der Waals surface area contributed by atoms with Crippen molar-refractivity contribution >= 4 is 11.8 Å². The Bertz CT molecular complexity index is 595. The highest BCUT2D eigenvalue weighted by Crippen LogP contribution is 2.19. The first kappa shape index (κ1) is 27.2. The quantitative estimate of drug-likeness (QED) is 0.225. The van der Waals surface area contributed by atoms with Crippen molar-refractivity contribution in [3.05, 3.63) is 36.5 Å². The molecule has 1 saturated carbocycles. The second-order valence-corrected chi connectivity index (χ2v) is 9.58. The predicted molar refractivity (Wildman–Crippen MR) is 132 cm³/mol. The largest absolute Gasteiger partial charge is 0.353 e. The minimum absolute atomic E-state index is 0.121. The first-order valence-electron chi connectivity index (χ1n) is 12.4. The van der Waals surface area contributed by atoms with Crippen molar-refractivity contribution in [1.29, 1.82) is 0 Å². The van der Waals surface area contributed by atoms with Crippen LogP contribution in [0.25, 0.3) is 0 Å². The summed E-state index contributed by atoms with van der Waals surface area (Å²) in [6.07, 6.45) is 24.6. The highest BCUT2D eigenvalue weighted by atomic mass is 16.2. The van der Waals surface area contributed by atoms with Crippen LogP contribution in [0.2, 0.25) is 0 Å². The molecular formula is C27H46N2O2. The van der Waals surface area contributed by atoms with Gasteiger partial charge in [0.15, 0.2) is 0 Å². The van der Waals surface area contributed by atoms with E-state index < -0.39 is 0 Å². The van der Waals surface area contributed by atoms with E-state index in [1.807, 2.05) is 4.90 Å². The van der Waals surface area contributed by atoms with Crippen LogP contribution in [0.1, 0.15) is 105 Å². The molecule has 0 spiro atoms. The van der Waals surface area contributed by atoms with Gasteiger partial charge in [0.05, 0.1) is 0 Å². The molecule has 1 aliphatic rings. The van der Waals surface area contributed by atoms with Crippen LogP contribution >= 0.6 is 0 Å². The lowest BCUT2D eigenvalue weighted by molar-refractivity contribution is -0.136. The van der Waals surface area contributed by atoms with E-state index in [1.54, 1.807) is 0 Å². The lowest BCUT2D eigenvalue weighted by Crippen LogP contribution is -2.46. The molecule has 0 atom stereocenters. The first-order chi connectivity index (χ1) is 14.8. The zero-order valence-corrected chi connectivity index (χ0v) is 20.5. The summed E-state index contributed by atoms with van der Waals surface area (Å²) in [5.74, 6) is 0.485. The molecule has 0 saturated heterocycles. The van der Waals surface area contributed by atoms with Gasteiger partial charge in [-0.2, -0.15) is 0 Å². The molecule has 0 heterocycles. The average Bonchev–Trinajstić information content (AvgIpc) is 3.51. The van der Waals surface area contributed by atoms with E-state index in [1.165, 1.54) is 0 Å². The number of carbonyl (C=O) groups is 2. The minimum atomic E-state index is -0.121. The number of hydrogen-bond donors (Lipinski definition) is 1. The van der Waals surface area contributed by atoms with Gasteiger partial charge < -0.3 is 10.2 Å². The maximum atomic E-state index is 12.5. The van der Waals surface area contributed by atoms with Gasteiger partial charge in [-0.25, -0.2) is 0 Å². The molecule has 4 heteroatoms. The first-order valence-corrected chi connectivity index (χ1v) is 12.4. The third-order valence-corrected chi connectivity index (χ3v) is 5.39. The maximum absolute atomic E-state index is 12.5. The Morgan fingerprint density at radius 2 is 1.48 bits per heavy atom. The molecule has 0 radical (unpaired) electrons. The number of carbonyl (C=O) groups excluding carboxylic acids is 2. The van der Waals surface area contributed by atoms with E-state index in [0.717, 1.165) is 70.8 Å². The Labute approximate surface area is 191 Å². The molecule has 0 aromatic heterocycles. The van der Waals surface area contributed by atoms with E-state index in [0.29, 0.717) is 18.9 Å². The summed E-state index contributed by atoms with van der Waals surface area (Å²) in [7, 11) is 0. The molecule has 176 valence electrons. The number of rotatable bonds is 16. The van der Waals surface area contributed by atoms with Crippen molar-refractivity contribution < 1.29 is 9.59 Å². The summed E-state index contributed by atoms with van der Waals surface area (Å²) in [6, 6.07) is 0.470. The van der Waals surface area contributed by atoms with Gasteiger partial charge in [0.1, 0.15) is 0 Å². The summed E-state index contributed by atoms with van der Waals surface area (Å²) in [4.78, 5) is 26.1. The fourth-order valence-corrected chi connectivity index (χ4v) is 3.38. The van der Waals surface area contributed by atoms with Gasteiger partial charge >= 0.3 is 0 Å². The van der Waals surface area contributed by atoms with Gasteiger partial charge in [0, 0.05) is 31.0 Å². The summed E-state index contributed by atoms with van der Waals surface area (Å²) >= 11 is 0. The Kier molecular flexibility index (Phi) is 13.9. The van der Waals surface area contributed by atoms with Crippen molar-refractivity contribution in [2.45, 2.75) is 116 Å². The molecule has 1 aliphatic carbocycles. The van der Waals surface area contributed by atoms with Crippen LogP contribution in [0.5, 0.6) is 0 Å². The smallest absolute Gasteiger partial charge is 0.223 e. The molecule has 31 heavy (non-hydrogen) atoms. The van der Waals surface area contributed by atoms with Crippen molar-refractivity contribution in [2.24, 2.45) is 0 Å². The Morgan fingerprint density at radius 1 is 0.871 bits per heavy atom. The van der Waals surface area contributed by atoms with Crippen LogP contribution in [0.15, 0.2) is 36.5 Å². The molecule has 2 amide bonds. The number of amides is 2. The number of unbranched alkanes of at least 4 members (excludes halogenated alkanes) is 3. The van der Waals surface area contributed by atoms with Crippen LogP contribution in [-0.2, 0) is 9.59 Å². The lowest BCUT2D eigenvalue weighted by atomic mass is 10.0. The third kappa shape index (κ3) is 14.7. The molecule has 1 fully saturated rings. The van der Waals surface area contributed by atoms with Crippen molar-refractivity contribution in [3.8, 4) is 0 Å². The highest BCUT2D eigenvalue weighted by Gasteiger charge is 2.25. The fraction of sp³-hybridized carbons (Fsp3) is 0.704. The second kappa shape index (κ2) is 15.9. The van der Waals surface area contributed by atoms with Crippen LogP contribution in [0.4, 0.5) is 0 Å². The van der Waals surface area contributed by atoms with E-state index in [4.69, 9.17) is 0 Å². The standard InChI is InChI=1S/C27H46N2O2/c1-5-6-16-20-26(31)29(27(2,3)4)23-18-15-13-11-9-7-8-10-12-14-17-19-25(30)28-24-21-22-24/h7,9-10,12-13,15,24H,5-6,8,11,14,16-23H2,1-4H3,(H,28,30). The molecule has 0 unspecified atom stereocenters. The van der Waals surface area contributed by atoms with Gasteiger partial charge in [0.2, 0.25) is 11.8 Å². The average molecular weight is 431 g/mol. The van der Waals surface area contributed by atoms with Crippen molar-refractivity contribution in [3.63, 3.8) is 0 Å². The van der Waals surface area contributed by atoms with Gasteiger partial charge in [-0.05, 0) is 72.1 Å². The van der Waals surface area contributed by atoms with Crippen LogP contribution < -0.4 is 5.32 Å². The number of allylic oxidation sites excluding steroid dienone is 5. The Hall–Kier alpha value is -1.84. The highest BCUT2D eigenvalue weighted by molar-refractivity contribution is 5.77. The molecular weight excluding hydrogens is 384 g/mol. The molecule has 0 aromatic carbocycles. The monoisotopic (exact) mass is 430 g/mol. The van der Waals surface area contributed by atoms with E-state index in [9.17, 15) is 9.59 Å². The lowest BCUT2D eigenvalue weighted by Gasteiger charge is -2.35. The van der Waals surface area contributed by atoms with Crippen LogP contribution in [-0.4, -0.2) is 34.8 Å². The number of nitrogens with one attached hydrogen (secondary N) is 1. The van der Waals surface area contributed by atoms with E-state index >= 15 is 0 Å². The van der Waals surface area contributed by atoms with Crippen LogP contribution in [0, 0.1) is 0 Å². The van der Waals surface area contributed by atoms with Gasteiger partial charge in [-0.3, -0.25) is 9.59 Å². The normalized spacial score (nSPS) is 14.7. The van der Waals surface area contributed by atoms with E-state index in [-0.39, 0.29) is 17.4 Å². The van der Waals surface area contributed by atoms with Gasteiger partial charge in [0.25, 0.3) is 0 Å². The third-order valence-electron chi connectivity index (χ3n) is 5.39. The fourth-order valence-electron chi connectivity index (χ4n) is 3.38. The van der Waals surface area contributed by atoms with Crippen molar-refractivity contribution in [1.82, 2.24) is 10.2 Å². The van der Waals surface area contributed by atoms with Crippen molar-refractivity contribution in [2.75, 3.05) is 6.54 Å². The van der Waals surface area contributed by atoms with Gasteiger partial charge in [-0.1, -0.05) is 56.2 Å². The molecule has 0 aliphatic heterocycles. The Morgan fingerprint density at radius 3 is 2.06 bits per heavy atom. The summed E-state index contributed by atoms with van der Waals surface area (Å²) in [5, 5.41) is 3.02. The zero-order chi connectivity index (χ0) is 23.0. The molecule has 0 aromatic rings. The van der Waals surface area contributed by atoms with Gasteiger partial charge in [-0.15, -0.1) is 0 Å². The summed E-state index contributed by atoms with van der Waals surface area (Å²) in [6.45, 7) is 9.31. The number of nitrogens with zero attached hydrogens (tertiary/aromatic N) is 1. The molecule has 1 rings (SSSR count). The summed E-state index contributed by atoms with van der Waals surface area (Å²) in [5.41, 5.74) is -0.121. The minimum Gasteiger partial charge on any atom is -0.353 e. The second-order valence-electron chi connectivity index (χ2n) is 9.58. The summed E-state index contributed by atoms with van der Waals surface area (Å²) < 4.78 is 0.